The van der Waals surface area contributed by atoms with Crippen molar-refractivity contribution in [2.24, 2.45) is 0 Å². The van der Waals surface area contributed by atoms with E-state index in [9.17, 15) is 8.42 Å². The summed E-state index contributed by atoms with van der Waals surface area (Å²) in [5, 5.41) is 3.35. The molecule has 0 amide bonds. The Morgan fingerprint density at radius 2 is 2.00 bits per heavy atom. The van der Waals surface area contributed by atoms with E-state index >= 15 is 0 Å². The highest BCUT2D eigenvalue weighted by Crippen LogP contribution is 2.44. The number of piperidine rings is 1. The minimum Gasteiger partial charge on any atom is -0.315 e. The standard InChI is InChI=1S/C14H20N2O2S/c1-19(17,18)16-10-8-14(7-9-15-11-13(14)16)12-5-3-2-4-6-12/h2-6,13,15H,7-11H2,1H3/t13-,14-/m0/s1. The molecular formula is C14H20N2O2S. The Balaban J connectivity index is 2.04. The molecule has 4 nitrogen and oxygen atoms in total. The van der Waals surface area contributed by atoms with Gasteiger partial charge >= 0.3 is 0 Å². The summed E-state index contributed by atoms with van der Waals surface area (Å²) in [6.07, 6.45) is 3.26. The van der Waals surface area contributed by atoms with Crippen LogP contribution in [0, 0.1) is 0 Å². The normalized spacial score (nSPS) is 32.2. The van der Waals surface area contributed by atoms with Crippen LogP contribution in [0.2, 0.25) is 0 Å². The van der Waals surface area contributed by atoms with Gasteiger partial charge in [0, 0.05) is 24.5 Å². The molecule has 0 aliphatic carbocycles. The number of nitrogens with zero attached hydrogens (tertiary/aromatic N) is 1. The summed E-state index contributed by atoms with van der Waals surface area (Å²) in [5.74, 6) is 0. The van der Waals surface area contributed by atoms with E-state index in [2.05, 4.69) is 17.4 Å². The molecule has 2 fully saturated rings. The first-order chi connectivity index (χ1) is 9.04. The predicted molar refractivity (Wildman–Crippen MR) is 75.6 cm³/mol. The summed E-state index contributed by atoms with van der Waals surface area (Å²) in [7, 11) is -3.13. The third-order valence-corrected chi connectivity index (χ3v) is 5.91. The van der Waals surface area contributed by atoms with E-state index < -0.39 is 10.0 Å². The molecule has 0 aromatic heterocycles. The van der Waals surface area contributed by atoms with E-state index in [0.29, 0.717) is 6.54 Å². The molecule has 19 heavy (non-hydrogen) atoms. The molecule has 104 valence electrons. The number of fused-ring (bicyclic) bond motifs is 1. The van der Waals surface area contributed by atoms with E-state index in [4.69, 9.17) is 0 Å². The highest BCUT2D eigenvalue weighted by atomic mass is 32.2. The van der Waals surface area contributed by atoms with Gasteiger partial charge in [0.25, 0.3) is 0 Å². The number of rotatable bonds is 2. The molecule has 0 saturated carbocycles. The summed E-state index contributed by atoms with van der Waals surface area (Å²) >= 11 is 0. The molecular weight excluding hydrogens is 260 g/mol. The average molecular weight is 280 g/mol. The monoisotopic (exact) mass is 280 g/mol. The van der Waals surface area contributed by atoms with Crippen molar-refractivity contribution in [3.05, 3.63) is 35.9 Å². The maximum atomic E-state index is 12.0. The van der Waals surface area contributed by atoms with E-state index in [0.717, 1.165) is 25.9 Å². The van der Waals surface area contributed by atoms with Crippen LogP contribution in [0.1, 0.15) is 18.4 Å². The van der Waals surface area contributed by atoms with Crippen molar-refractivity contribution in [2.75, 3.05) is 25.9 Å². The molecule has 2 aliphatic rings. The molecule has 2 saturated heterocycles. The van der Waals surface area contributed by atoms with Gasteiger partial charge < -0.3 is 5.32 Å². The van der Waals surface area contributed by atoms with Crippen LogP contribution in [0.25, 0.3) is 0 Å². The van der Waals surface area contributed by atoms with E-state index in [1.807, 2.05) is 18.2 Å². The fourth-order valence-electron chi connectivity index (χ4n) is 3.69. The molecule has 0 spiro atoms. The predicted octanol–water partition coefficient (Wildman–Crippen LogP) is 0.952. The van der Waals surface area contributed by atoms with E-state index in [1.165, 1.54) is 11.8 Å². The fourth-order valence-corrected chi connectivity index (χ4v) is 4.86. The van der Waals surface area contributed by atoms with Crippen molar-refractivity contribution in [2.45, 2.75) is 24.3 Å². The van der Waals surface area contributed by atoms with Crippen molar-refractivity contribution in [1.82, 2.24) is 9.62 Å². The first-order valence-corrected chi connectivity index (χ1v) is 8.62. The number of hydrogen-bond acceptors (Lipinski definition) is 3. The zero-order valence-electron chi connectivity index (χ0n) is 11.2. The summed E-state index contributed by atoms with van der Waals surface area (Å²) in [6.45, 7) is 2.35. The second kappa shape index (κ2) is 4.58. The Labute approximate surface area is 114 Å². The van der Waals surface area contributed by atoms with Crippen LogP contribution in [0.3, 0.4) is 0 Å². The number of nitrogens with one attached hydrogen (secondary N) is 1. The van der Waals surface area contributed by atoms with Gasteiger partial charge in [0.15, 0.2) is 0 Å². The lowest BCUT2D eigenvalue weighted by atomic mass is 9.70. The van der Waals surface area contributed by atoms with Gasteiger partial charge in [-0.25, -0.2) is 8.42 Å². The maximum absolute atomic E-state index is 12.0. The third kappa shape index (κ3) is 2.10. The Morgan fingerprint density at radius 1 is 1.26 bits per heavy atom. The molecule has 3 rings (SSSR count). The fraction of sp³-hybridized carbons (Fsp3) is 0.571. The Kier molecular flexibility index (Phi) is 3.15. The number of hydrogen-bond donors (Lipinski definition) is 1. The van der Waals surface area contributed by atoms with Gasteiger partial charge in [-0.2, -0.15) is 4.31 Å². The Bertz CT molecular complexity index is 558. The molecule has 1 N–H and O–H groups in total. The number of sulfonamides is 1. The molecule has 0 bridgehead atoms. The molecule has 2 heterocycles. The van der Waals surface area contributed by atoms with Crippen LogP contribution >= 0.6 is 0 Å². The Morgan fingerprint density at radius 3 is 2.68 bits per heavy atom. The van der Waals surface area contributed by atoms with Crippen LogP contribution < -0.4 is 5.32 Å². The van der Waals surface area contributed by atoms with Crippen LogP contribution in [-0.4, -0.2) is 44.7 Å². The van der Waals surface area contributed by atoms with Gasteiger partial charge in [0.1, 0.15) is 0 Å². The lowest BCUT2D eigenvalue weighted by Crippen LogP contribution is -2.55. The lowest BCUT2D eigenvalue weighted by molar-refractivity contribution is 0.234. The zero-order chi connectivity index (χ0) is 13.5. The topological polar surface area (TPSA) is 49.4 Å². The molecule has 0 radical (unpaired) electrons. The summed E-state index contributed by atoms with van der Waals surface area (Å²) < 4.78 is 25.6. The lowest BCUT2D eigenvalue weighted by Gasteiger charge is -2.42. The van der Waals surface area contributed by atoms with Crippen LogP contribution in [0.5, 0.6) is 0 Å². The molecule has 0 unspecified atom stereocenters. The van der Waals surface area contributed by atoms with Crippen LogP contribution in [-0.2, 0) is 15.4 Å². The summed E-state index contributed by atoms with van der Waals surface area (Å²) in [4.78, 5) is 0. The number of benzene rings is 1. The second-order valence-corrected chi connectivity index (χ2v) is 7.55. The Hall–Kier alpha value is -0.910. The minimum atomic E-state index is -3.13. The molecule has 1 aromatic rings. The maximum Gasteiger partial charge on any atom is 0.211 e. The smallest absolute Gasteiger partial charge is 0.211 e. The van der Waals surface area contributed by atoms with Crippen molar-refractivity contribution >= 4 is 10.0 Å². The average Bonchev–Trinajstić information content (AvgIpc) is 2.80. The van der Waals surface area contributed by atoms with Gasteiger partial charge in [0.2, 0.25) is 10.0 Å². The molecule has 2 atom stereocenters. The summed E-state index contributed by atoms with van der Waals surface area (Å²) in [5.41, 5.74) is 1.28. The highest BCUT2D eigenvalue weighted by Gasteiger charge is 2.52. The molecule has 2 aliphatic heterocycles. The van der Waals surface area contributed by atoms with Gasteiger partial charge in [-0.3, -0.25) is 0 Å². The zero-order valence-corrected chi connectivity index (χ0v) is 12.0. The van der Waals surface area contributed by atoms with Crippen LogP contribution in [0.4, 0.5) is 0 Å². The first kappa shape index (κ1) is 13.1. The largest absolute Gasteiger partial charge is 0.315 e. The van der Waals surface area contributed by atoms with Crippen molar-refractivity contribution in [3.63, 3.8) is 0 Å². The second-order valence-electron chi connectivity index (χ2n) is 5.62. The van der Waals surface area contributed by atoms with E-state index in [-0.39, 0.29) is 11.5 Å². The highest BCUT2D eigenvalue weighted by molar-refractivity contribution is 7.88. The first-order valence-electron chi connectivity index (χ1n) is 6.77. The summed E-state index contributed by atoms with van der Waals surface area (Å²) in [6, 6.07) is 10.4. The molecule has 5 heteroatoms. The van der Waals surface area contributed by atoms with Gasteiger partial charge in [-0.15, -0.1) is 0 Å². The van der Waals surface area contributed by atoms with E-state index in [1.54, 1.807) is 4.31 Å². The van der Waals surface area contributed by atoms with Gasteiger partial charge in [-0.05, 0) is 24.9 Å². The van der Waals surface area contributed by atoms with Gasteiger partial charge in [-0.1, -0.05) is 30.3 Å². The third-order valence-electron chi connectivity index (χ3n) is 4.62. The van der Waals surface area contributed by atoms with Crippen LogP contribution in [0.15, 0.2) is 30.3 Å². The van der Waals surface area contributed by atoms with Crippen molar-refractivity contribution < 1.29 is 8.42 Å². The quantitative estimate of drug-likeness (QED) is 0.877. The molecule has 1 aromatic carbocycles. The SMILES string of the molecule is CS(=O)(=O)N1CC[C@]2(c3ccccc3)CCNC[C@H]12. The van der Waals surface area contributed by atoms with Gasteiger partial charge in [0.05, 0.1) is 6.26 Å². The van der Waals surface area contributed by atoms with Crippen molar-refractivity contribution in [1.29, 1.82) is 0 Å². The van der Waals surface area contributed by atoms with Crippen molar-refractivity contribution in [3.8, 4) is 0 Å². The minimum absolute atomic E-state index is 0.00437.